The van der Waals surface area contributed by atoms with Gasteiger partial charge in [0.2, 0.25) is 0 Å². The summed E-state index contributed by atoms with van der Waals surface area (Å²) in [5.74, 6) is 0.516. The van der Waals surface area contributed by atoms with Crippen LogP contribution in [0.15, 0.2) is 3.79 Å². The molecule has 1 rings (SSSR count). The van der Waals surface area contributed by atoms with Crippen LogP contribution >= 0.6 is 27.3 Å². The van der Waals surface area contributed by atoms with Crippen LogP contribution in [0.3, 0.4) is 0 Å². The van der Waals surface area contributed by atoms with Crippen LogP contribution in [0.25, 0.3) is 0 Å². The minimum atomic E-state index is 0.516. The van der Waals surface area contributed by atoms with E-state index in [9.17, 15) is 0 Å². The van der Waals surface area contributed by atoms with E-state index in [2.05, 4.69) is 27.8 Å². The molecule has 1 unspecified atom stereocenters. The summed E-state index contributed by atoms with van der Waals surface area (Å²) in [4.78, 5) is 4.41. The first-order chi connectivity index (χ1) is 5.63. The van der Waals surface area contributed by atoms with Gasteiger partial charge >= 0.3 is 0 Å². The summed E-state index contributed by atoms with van der Waals surface area (Å²) in [6.07, 6.45) is 0.974. The second kappa shape index (κ2) is 4.35. The quantitative estimate of drug-likeness (QED) is 0.893. The molecule has 12 heavy (non-hydrogen) atoms. The van der Waals surface area contributed by atoms with Crippen molar-refractivity contribution in [1.82, 2.24) is 4.98 Å². The van der Waals surface area contributed by atoms with E-state index in [1.807, 2.05) is 6.92 Å². The molecule has 2 N–H and O–H groups in total. The summed E-state index contributed by atoms with van der Waals surface area (Å²) < 4.78 is 1.15. The maximum Gasteiger partial charge on any atom is 0.0931 e. The zero-order valence-corrected chi connectivity index (χ0v) is 9.70. The van der Waals surface area contributed by atoms with Gasteiger partial charge in [0, 0.05) is 0 Å². The molecule has 1 aromatic heterocycles. The molecule has 0 amide bonds. The van der Waals surface area contributed by atoms with E-state index >= 15 is 0 Å². The lowest BCUT2D eigenvalue weighted by Crippen LogP contribution is -2.13. The third-order valence-electron chi connectivity index (χ3n) is 1.70. The Morgan fingerprint density at radius 1 is 1.67 bits per heavy atom. The van der Waals surface area contributed by atoms with Crippen molar-refractivity contribution in [2.24, 2.45) is 11.7 Å². The van der Waals surface area contributed by atoms with Crippen molar-refractivity contribution in [2.45, 2.75) is 20.3 Å². The van der Waals surface area contributed by atoms with Crippen molar-refractivity contribution in [3.8, 4) is 0 Å². The Morgan fingerprint density at radius 2 is 2.33 bits per heavy atom. The monoisotopic (exact) mass is 248 g/mol. The highest BCUT2D eigenvalue weighted by Gasteiger charge is 2.09. The predicted octanol–water partition coefficient (Wildman–Crippen LogP) is 2.35. The first kappa shape index (κ1) is 10.2. The summed E-state index contributed by atoms with van der Waals surface area (Å²) in [5, 5.41) is 1.11. The van der Waals surface area contributed by atoms with Crippen molar-refractivity contribution in [1.29, 1.82) is 0 Å². The largest absolute Gasteiger partial charge is 0.330 e. The predicted molar refractivity (Wildman–Crippen MR) is 56.5 cm³/mol. The van der Waals surface area contributed by atoms with Gasteiger partial charge in [-0.2, -0.15) is 0 Å². The van der Waals surface area contributed by atoms with E-state index in [0.29, 0.717) is 5.92 Å². The Bertz CT molecular complexity index is 260. The van der Waals surface area contributed by atoms with Gasteiger partial charge in [0.1, 0.15) is 0 Å². The maximum absolute atomic E-state index is 5.54. The molecule has 0 fully saturated rings. The SMILES string of the molecule is Cc1nc(CC(C)CN)c(Br)s1. The van der Waals surface area contributed by atoms with E-state index < -0.39 is 0 Å². The summed E-state index contributed by atoms with van der Waals surface area (Å²) in [6, 6.07) is 0. The molecule has 4 heteroatoms. The third kappa shape index (κ3) is 2.54. The summed E-state index contributed by atoms with van der Waals surface area (Å²) in [6.45, 7) is 4.89. The standard InChI is InChI=1S/C8H13BrN2S/c1-5(4-10)3-7-8(9)12-6(2)11-7/h5H,3-4,10H2,1-2H3. The van der Waals surface area contributed by atoms with Crippen molar-refractivity contribution >= 4 is 27.3 Å². The normalized spacial score (nSPS) is 13.3. The van der Waals surface area contributed by atoms with Gasteiger partial charge in [0.25, 0.3) is 0 Å². The lowest BCUT2D eigenvalue weighted by Gasteiger charge is -2.04. The molecule has 1 atom stereocenters. The third-order valence-corrected chi connectivity index (χ3v) is 3.45. The highest BCUT2D eigenvalue weighted by Crippen LogP contribution is 2.25. The molecule has 0 spiro atoms. The summed E-state index contributed by atoms with van der Waals surface area (Å²) in [7, 11) is 0. The zero-order chi connectivity index (χ0) is 9.14. The van der Waals surface area contributed by atoms with Crippen LogP contribution in [-0.2, 0) is 6.42 Å². The Labute approximate surface area is 85.3 Å². The number of halogens is 1. The van der Waals surface area contributed by atoms with E-state index in [-0.39, 0.29) is 0 Å². The highest BCUT2D eigenvalue weighted by molar-refractivity contribution is 9.11. The average molecular weight is 249 g/mol. The maximum atomic E-state index is 5.54. The van der Waals surface area contributed by atoms with Gasteiger partial charge < -0.3 is 5.73 Å². The Hall–Kier alpha value is 0.0700. The van der Waals surface area contributed by atoms with Gasteiger partial charge in [0.15, 0.2) is 0 Å². The lowest BCUT2D eigenvalue weighted by atomic mass is 10.1. The Morgan fingerprint density at radius 3 is 2.75 bits per heavy atom. The summed E-state index contributed by atoms with van der Waals surface area (Å²) in [5.41, 5.74) is 6.69. The number of thiazole rings is 1. The number of aromatic nitrogens is 1. The van der Waals surface area contributed by atoms with Crippen LogP contribution in [0, 0.1) is 12.8 Å². The highest BCUT2D eigenvalue weighted by atomic mass is 79.9. The van der Waals surface area contributed by atoms with Crippen LogP contribution in [0.5, 0.6) is 0 Å². The molecule has 2 nitrogen and oxygen atoms in total. The minimum Gasteiger partial charge on any atom is -0.330 e. The van der Waals surface area contributed by atoms with Gasteiger partial charge in [-0.05, 0) is 41.7 Å². The molecule has 0 aromatic carbocycles. The molecule has 0 aliphatic rings. The first-order valence-electron chi connectivity index (χ1n) is 3.95. The van der Waals surface area contributed by atoms with Crippen LogP contribution in [0.1, 0.15) is 17.6 Å². The fourth-order valence-electron chi connectivity index (χ4n) is 0.985. The molecule has 1 heterocycles. The van der Waals surface area contributed by atoms with Gasteiger partial charge in [-0.3, -0.25) is 0 Å². The zero-order valence-electron chi connectivity index (χ0n) is 7.30. The smallest absolute Gasteiger partial charge is 0.0931 e. The van der Waals surface area contributed by atoms with E-state index in [4.69, 9.17) is 5.73 Å². The topological polar surface area (TPSA) is 38.9 Å². The van der Waals surface area contributed by atoms with Crippen LogP contribution < -0.4 is 5.73 Å². The Balaban J connectivity index is 2.68. The second-order valence-electron chi connectivity index (χ2n) is 3.00. The van der Waals surface area contributed by atoms with Crippen molar-refractivity contribution in [3.63, 3.8) is 0 Å². The van der Waals surface area contributed by atoms with Crippen molar-refractivity contribution < 1.29 is 0 Å². The van der Waals surface area contributed by atoms with Gasteiger partial charge in [-0.15, -0.1) is 11.3 Å². The van der Waals surface area contributed by atoms with Crippen LogP contribution in [-0.4, -0.2) is 11.5 Å². The molecule has 0 saturated carbocycles. The van der Waals surface area contributed by atoms with Crippen LogP contribution in [0.2, 0.25) is 0 Å². The van der Waals surface area contributed by atoms with E-state index in [1.54, 1.807) is 11.3 Å². The molecule has 0 aliphatic heterocycles. The molecule has 68 valence electrons. The van der Waals surface area contributed by atoms with Crippen molar-refractivity contribution in [2.75, 3.05) is 6.54 Å². The van der Waals surface area contributed by atoms with Crippen molar-refractivity contribution in [3.05, 3.63) is 14.5 Å². The molecule has 0 radical (unpaired) electrons. The van der Waals surface area contributed by atoms with E-state index in [0.717, 1.165) is 27.5 Å². The second-order valence-corrected chi connectivity index (χ2v) is 5.52. The summed E-state index contributed by atoms with van der Waals surface area (Å²) >= 11 is 5.18. The number of aryl methyl sites for hydroxylation is 1. The van der Waals surface area contributed by atoms with E-state index in [1.165, 1.54) is 0 Å². The number of rotatable bonds is 3. The molecule has 0 bridgehead atoms. The number of hydrogen-bond donors (Lipinski definition) is 1. The van der Waals surface area contributed by atoms with Gasteiger partial charge in [-0.1, -0.05) is 6.92 Å². The molecular formula is C8H13BrN2S. The van der Waals surface area contributed by atoms with Gasteiger partial charge in [0.05, 0.1) is 14.5 Å². The fraction of sp³-hybridized carbons (Fsp3) is 0.625. The van der Waals surface area contributed by atoms with Gasteiger partial charge in [-0.25, -0.2) is 4.98 Å². The number of hydrogen-bond acceptors (Lipinski definition) is 3. The molecular weight excluding hydrogens is 236 g/mol. The average Bonchev–Trinajstić information content (AvgIpc) is 2.30. The minimum absolute atomic E-state index is 0.516. The fourth-order valence-corrected chi connectivity index (χ4v) is 2.60. The molecule has 0 saturated heterocycles. The van der Waals surface area contributed by atoms with Crippen LogP contribution in [0.4, 0.5) is 0 Å². The Kier molecular flexibility index (Phi) is 3.68. The molecule has 1 aromatic rings. The first-order valence-corrected chi connectivity index (χ1v) is 5.56. The molecule has 0 aliphatic carbocycles. The number of nitrogens with two attached hydrogens (primary N) is 1. The number of nitrogens with zero attached hydrogens (tertiary/aromatic N) is 1. The lowest BCUT2D eigenvalue weighted by molar-refractivity contribution is 0.584.